The molecule has 0 saturated heterocycles. The maximum atomic E-state index is 13.2. The lowest BCUT2D eigenvalue weighted by atomic mass is 10.2. The molecule has 1 aliphatic rings. The van der Waals surface area contributed by atoms with Gasteiger partial charge in [0, 0.05) is 12.6 Å². The normalized spacial score (nSPS) is 14.9. The van der Waals surface area contributed by atoms with Gasteiger partial charge in [0.1, 0.15) is 5.82 Å². The predicted molar refractivity (Wildman–Crippen MR) is 67.7 cm³/mol. The number of aliphatic carboxylic acids is 1. The van der Waals surface area contributed by atoms with Crippen LogP contribution in [-0.4, -0.2) is 29.7 Å². The lowest BCUT2D eigenvalue weighted by Gasteiger charge is -2.20. The van der Waals surface area contributed by atoms with E-state index in [1.54, 1.807) is 13.0 Å². The first-order chi connectivity index (χ1) is 8.97. The molecule has 0 bridgehead atoms. The number of anilines is 1. The van der Waals surface area contributed by atoms with Gasteiger partial charge < -0.3 is 10.4 Å². The summed E-state index contributed by atoms with van der Waals surface area (Å²) in [7, 11) is 0. The van der Waals surface area contributed by atoms with E-state index in [1.165, 1.54) is 17.0 Å². The molecule has 2 rings (SSSR count). The van der Waals surface area contributed by atoms with Gasteiger partial charge in [-0.2, -0.15) is 0 Å². The van der Waals surface area contributed by atoms with Gasteiger partial charge in [0.2, 0.25) is 0 Å². The van der Waals surface area contributed by atoms with Crippen LogP contribution in [0.4, 0.5) is 14.9 Å². The Morgan fingerprint density at radius 3 is 2.95 bits per heavy atom. The second-order valence-electron chi connectivity index (χ2n) is 4.62. The fraction of sp³-hybridized carbons (Fsp3) is 0.385. The Morgan fingerprint density at radius 1 is 1.53 bits per heavy atom. The van der Waals surface area contributed by atoms with Crippen LogP contribution in [0, 0.1) is 5.82 Å². The Morgan fingerprint density at radius 2 is 2.26 bits per heavy atom. The third kappa shape index (κ3) is 3.01. The Kier molecular flexibility index (Phi) is 3.69. The first-order valence-electron chi connectivity index (χ1n) is 6.05. The molecule has 0 fully saturated rings. The molecule has 1 aliphatic heterocycles. The Bertz CT molecular complexity index is 519. The van der Waals surface area contributed by atoms with E-state index in [2.05, 4.69) is 5.32 Å². The number of carbonyl (C=O) groups excluding carboxylic acids is 1. The molecule has 0 aliphatic carbocycles. The zero-order valence-corrected chi connectivity index (χ0v) is 10.5. The summed E-state index contributed by atoms with van der Waals surface area (Å²) in [6.45, 7) is 2.10. The van der Waals surface area contributed by atoms with Crippen molar-refractivity contribution in [3.05, 3.63) is 29.6 Å². The monoisotopic (exact) mass is 266 g/mol. The first kappa shape index (κ1) is 13.3. The van der Waals surface area contributed by atoms with Crippen molar-refractivity contribution >= 4 is 17.7 Å². The maximum absolute atomic E-state index is 13.2. The van der Waals surface area contributed by atoms with Crippen LogP contribution in [0.2, 0.25) is 0 Å². The van der Waals surface area contributed by atoms with Crippen LogP contribution in [0.25, 0.3) is 0 Å². The molecule has 1 atom stereocenters. The van der Waals surface area contributed by atoms with Gasteiger partial charge in [0.25, 0.3) is 0 Å². The van der Waals surface area contributed by atoms with Gasteiger partial charge in [-0.15, -0.1) is 0 Å². The van der Waals surface area contributed by atoms with Crippen molar-refractivity contribution in [1.82, 2.24) is 5.32 Å². The van der Waals surface area contributed by atoms with Gasteiger partial charge in [0.15, 0.2) is 0 Å². The number of urea groups is 1. The van der Waals surface area contributed by atoms with E-state index in [9.17, 15) is 14.0 Å². The van der Waals surface area contributed by atoms with Crippen molar-refractivity contribution in [2.24, 2.45) is 0 Å². The molecular formula is C13H15FN2O3. The van der Waals surface area contributed by atoms with Crippen LogP contribution in [0.5, 0.6) is 0 Å². The Hall–Kier alpha value is -2.11. The van der Waals surface area contributed by atoms with Crippen LogP contribution in [-0.2, 0) is 11.2 Å². The highest BCUT2D eigenvalue weighted by atomic mass is 19.1. The molecule has 2 N–H and O–H groups in total. The summed E-state index contributed by atoms with van der Waals surface area (Å²) < 4.78 is 13.2. The minimum atomic E-state index is -0.972. The van der Waals surface area contributed by atoms with Crippen LogP contribution in [0.15, 0.2) is 18.2 Å². The Labute approximate surface area is 110 Å². The number of nitrogens with zero attached hydrogens (tertiary/aromatic N) is 1. The SMILES string of the molecule is CC(CC(=O)O)NC(=O)N1CCc2ccc(F)cc21. The summed E-state index contributed by atoms with van der Waals surface area (Å²) in [5, 5.41) is 11.2. The molecule has 0 spiro atoms. The van der Waals surface area contributed by atoms with Gasteiger partial charge in [-0.1, -0.05) is 6.07 Å². The van der Waals surface area contributed by atoms with Crippen molar-refractivity contribution < 1.29 is 19.1 Å². The lowest BCUT2D eigenvalue weighted by molar-refractivity contribution is -0.137. The van der Waals surface area contributed by atoms with Crippen molar-refractivity contribution in [1.29, 1.82) is 0 Å². The van der Waals surface area contributed by atoms with E-state index >= 15 is 0 Å². The second-order valence-corrected chi connectivity index (χ2v) is 4.62. The van der Waals surface area contributed by atoms with Crippen LogP contribution < -0.4 is 10.2 Å². The molecule has 0 aromatic heterocycles. The molecule has 0 saturated carbocycles. The average molecular weight is 266 g/mol. The molecule has 0 radical (unpaired) electrons. The summed E-state index contributed by atoms with van der Waals surface area (Å²) in [5.74, 6) is -1.36. The quantitative estimate of drug-likeness (QED) is 0.875. The molecule has 19 heavy (non-hydrogen) atoms. The summed E-state index contributed by atoms with van der Waals surface area (Å²) >= 11 is 0. The highest BCUT2D eigenvalue weighted by molar-refractivity contribution is 5.94. The van der Waals surface area contributed by atoms with E-state index in [1.807, 2.05) is 0 Å². The first-order valence-corrected chi connectivity index (χ1v) is 6.05. The Balaban J connectivity index is 2.06. The number of carbonyl (C=O) groups is 2. The molecule has 1 aromatic carbocycles. The molecule has 102 valence electrons. The second kappa shape index (κ2) is 5.26. The zero-order chi connectivity index (χ0) is 14.0. The van der Waals surface area contributed by atoms with E-state index < -0.39 is 23.9 Å². The number of carboxylic acids is 1. The van der Waals surface area contributed by atoms with E-state index in [0.717, 1.165) is 5.56 Å². The van der Waals surface area contributed by atoms with Crippen molar-refractivity contribution in [2.75, 3.05) is 11.4 Å². The lowest BCUT2D eigenvalue weighted by Crippen LogP contribution is -2.44. The smallest absolute Gasteiger partial charge is 0.322 e. The van der Waals surface area contributed by atoms with Crippen LogP contribution in [0.1, 0.15) is 18.9 Å². The van der Waals surface area contributed by atoms with Gasteiger partial charge in [-0.3, -0.25) is 9.69 Å². The minimum Gasteiger partial charge on any atom is -0.481 e. The number of hydrogen-bond donors (Lipinski definition) is 2. The predicted octanol–water partition coefficient (Wildman–Crippen LogP) is 1.76. The number of nitrogens with one attached hydrogen (secondary N) is 1. The average Bonchev–Trinajstić information content (AvgIpc) is 2.70. The van der Waals surface area contributed by atoms with Crippen LogP contribution >= 0.6 is 0 Å². The number of rotatable bonds is 3. The summed E-state index contributed by atoms with van der Waals surface area (Å²) in [6, 6.07) is 3.50. The topological polar surface area (TPSA) is 69.6 Å². The molecule has 6 heteroatoms. The number of fused-ring (bicyclic) bond motifs is 1. The highest BCUT2D eigenvalue weighted by Crippen LogP contribution is 2.28. The van der Waals surface area contributed by atoms with E-state index in [-0.39, 0.29) is 6.42 Å². The zero-order valence-electron chi connectivity index (χ0n) is 10.5. The standard InChI is InChI=1S/C13H15FN2O3/c1-8(6-12(17)18)15-13(19)16-5-4-9-2-3-10(14)7-11(9)16/h2-3,7-8H,4-6H2,1H3,(H,15,19)(H,17,18). The molecular weight excluding hydrogens is 251 g/mol. The third-order valence-corrected chi connectivity index (χ3v) is 3.04. The largest absolute Gasteiger partial charge is 0.481 e. The molecule has 2 amide bonds. The van der Waals surface area contributed by atoms with Gasteiger partial charge in [-0.25, -0.2) is 9.18 Å². The summed E-state index contributed by atoms with van der Waals surface area (Å²) in [6.07, 6.45) is 0.534. The molecule has 1 aromatic rings. The molecule has 1 unspecified atom stereocenters. The number of hydrogen-bond acceptors (Lipinski definition) is 2. The van der Waals surface area contributed by atoms with Gasteiger partial charge >= 0.3 is 12.0 Å². The molecule has 1 heterocycles. The van der Waals surface area contributed by atoms with Crippen molar-refractivity contribution in [3.63, 3.8) is 0 Å². The van der Waals surface area contributed by atoms with Gasteiger partial charge in [-0.05, 0) is 31.0 Å². The van der Waals surface area contributed by atoms with Crippen molar-refractivity contribution in [2.45, 2.75) is 25.8 Å². The van der Waals surface area contributed by atoms with Gasteiger partial charge in [0.05, 0.1) is 12.1 Å². The summed E-state index contributed by atoms with van der Waals surface area (Å²) in [5.41, 5.74) is 1.47. The summed E-state index contributed by atoms with van der Waals surface area (Å²) in [4.78, 5) is 24.0. The van der Waals surface area contributed by atoms with Crippen molar-refractivity contribution in [3.8, 4) is 0 Å². The number of carboxylic acid groups (broad SMARTS) is 1. The molecule has 5 nitrogen and oxygen atoms in total. The number of halogens is 1. The fourth-order valence-electron chi connectivity index (χ4n) is 2.16. The highest BCUT2D eigenvalue weighted by Gasteiger charge is 2.26. The fourth-order valence-corrected chi connectivity index (χ4v) is 2.16. The maximum Gasteiger partial charge on any atom is 0.322 e. The van der Waals surface area contributed by atoms with E-state index in [4.69, 9.17) is 5.11 Å². The van der Waals surface area contributed by atoms with E-state index in [0.29, 0.717) is 18.7 Å². The third-order valence-electron chi connectivity index (χ3n) is 3.04. The number of benzene rings is 1. The van der Waals surface area contributed by atoms with Crippen LogP contribution in [0.3, 0.4) is 0 Å². The number of amides is 2. The minimum absolute atomic E-state index is 0.143.